The SMILES string of the molecule is CC(C)CC(CNC(=O)CC1(N)CCCCC1)C(=O)O. The van der Waals surface area contributed by atoms with Gasteiger partial charge in [0.05, 0.1) is 5.92 Å². The standard InChI is InChI=1S/C15H28N2O3/c1-11(2)8-12(14(19)20)10-17-13(18)9-15(16)6-4-3-5-7-15/h11-12H,3-10,16H2,1-2H3,(H,17,18)(H,19,20). The number of rotatable bonds is 7. The second kappa shape index (κ2) is 7.62. The lowest BCUT2D eigenvalue weighted by Crippen LogP contribution is -2.46. The molecule has 1 rings (SSSR count). The van der Waals surface area contributed by atoms with Crippen LogP contribution in [0.2, 0.25) is 0 Å². The molecule has 1 atom stereocenters. The monoisotopic (exact) mass is 284 g/mol. The summed E-state index contributed by atoms with van der Waals surface area (Å²) in [6.07, 6.45) is 5.99. The number of nitrogens with two attached hydrogens (primary N) is 1. The quantitative estimate of drug-likeness (QED) is 0.665. The van der Waals surface area contributed by atoms with E-state index in [2.05, 4.69) is 5.32 Å². The first-order valence-electron chi connectivity index (χ1n) is 7.61. The summed E-state index contributed by atoms with van der Waals surface area (Å²) < 4.78 is 0. The smallest absolute Gasteiger partial charge is 0.308 e. The van der Waals surface area contributed by atoms with Crippen LogP contribution in [0.5, 0.6) is 0 Å². The van der Waals surface area contributed by atoms with E-state index in [0.29, 0.717) is 18.8 Å². The molecule has 0 radical (unpaired) electrons. The van der Waals surface area contributed by atoms with Crippen molar-refractivity contribution in [3.8, 4) is 0 Å². The molecule has 5 nitrogen and oxygen atoms in total. The molecule has 116 valence electrons. The van der Waals surface area contributed by atoms with Gasteiger partial charge in [-0.15, -0.1) is 0 Å². The van der Waals surface area contributed by atoms with Crippen molar-refractivity contribution in [2.75, 3.05) is 6.54 Å². The van der Waals surface area contributed by atoms with Crippen molar-refractivity contribution in [2.24, 2.45) is 17.6 Å². The molecule has 1 saturated carbocycles. The van der Waals surface area contributed by atoms with Gasteiger partial charge >= 0.3 is 5.97 Å². The number of hydrogen-bond donors (Lipinski definition) is 3. The molecule has 0 bridgehead atoms. The number of carboxylic acid groups (broad SMARTS) is 1. The molecule has 1 amide bonds. The molecule has 4 N–H and O–H groups in total. The van der Waals surface area contributed by atoms with Crippen molar-refractivity contribution in [3.63, 3.8) is 0 Å². The zero-order valence-corrected chi connectivity index (χ0v) is 12.7. The van der Waals surface area contributed by atoms with E-state index in [4.69, 9.17) is 10.8 Å². The van der Waals surface area contributed by atoms with Crippen LogP contribution in [0.3, 0.4) is 0 Å². The molecule has 1 aliphatic rings. The van der Waals surface area contributed by atoms with E-state index in [9.17, 15) is 9.59 Å². The number of carbonyl (C=O) groups is 2. The largest absolute Gasteiger partial charge is 0.481 e. The summed E-state index contributed by atoms with van der Waals surface area (Å²) >= 11 is 0. The molecule has 1 aliphatic carbocycles. The summed E-state index contributed by atoms with van der Waals surface area (Å²) in [6, 6.07) is 0. The lowest BCUT2D eigenvalue weighted by atomic mass is 9.80. The Kier molecular flexibility index (Phi) is 6.46. The van der Waals surface area contributed by atoms with E-state index in [1.54, 1.807) is 0 Å². The topological polar surface area (TPSA) is 92.4 Å². The molecule has 0 aliphatic heterocycles. The van der Waals surface area contributed by atoms with Gasteiger partial charge < -0.3 is 16.2 Å². The molecular formula is C15H28N2O3. The summed E-state index contributed by atoms with van der Waals surface area (Å²) in [5.74, 6) is -1.19. The van der Waals surface area contributed by atoms with Crippen LogP contribution in [0, 0.1) is 11.8 Å². The first-order chi connectivity index (χ1) is 9.32. The fourth-order valence-corrected chi connectivity index (χ4v) is 2.89. The second-order valence-corrected chi connectivity index (χ2v) is 6.57. The lowest BCUT2D eigenvalue weighted by molar-refractivity contribution is -0.142. The van der Waals surface area contributed by atoms with Gasteiger partial charge in [0, 0.05) is 18.5 Å². The van der Waals surface area contributed by atoms with E-state index in [0.717, 1.165) is 25.7 Å². The Morgan fingerprint density at radius 3 is 2.35 bits per heavy atom. The third-order valence-electron chi connectivity index (χ3n) is 4.01. The van der Waals surface area contributed by atoms with Crippen LogP contribution in [0.15, 0.2) is 0 Å². The van der Waals surface area contributed by atoms with Gasteiger partial charge in [0.25, 0.3) is 0 Å². The van der Waals surface area contributed by atoms with Crippen molar-refractivity contribution in [1.82, 2.24) is 5.32 Å². The summed E-state index contributed by atoms with van der Waals surface area (Å²) in [5, 5.41) is 11.9. The minimum absolute atomic E-state index is 0.121. The average molecular weight is 284 g/mol. The number of carbonyl (C=O) groups excluding carboxylic acids is 1. The maximum atomic E-state index is 11.9. The number of carboxylic acids is 1. The highest BCUT2D eigenvalue weighted by Gasteiger charge is 2.30. The van der Waals surface area contributed by atoms with Gasteiger partial charge in [-0.05, 0) is 25.2 Å². The predicted molar refractivity (Wildman–Crippen MR) is 78.2 cm³/mol. The molecule has 0 heterocycles. The van der Waals surface area contributed by atoms with E-state index >= 15 is 0 Å². The highest BCUT2D eigenvalue weighted by Crippen LogP contribution is 2.28. The summed E-state index contributed by atoms with van der Waals surface area (Å²) in [6.45, 7) is 4.16. The van der Waals surface area contributed by atoms with Crippen LogP contribution in [0.4, 0.5) is 0 Å². The normalized spacial score (nSPS) is 19.6. The van der Waals surface area contributed by atoms with Crippen molar-refractivity contribution >= 4 is 11.9 Å². The number of amides is 1. The molecule has 5 heteroatoms. The zero-order chi connectivity index (χ0) is 15.2. The molecule has 0 spiro atoms. The van der Waals surface area contributed by atoms with Gasteiger partial charge in [-0.2, -0.15) is 0 Å². The Hall–Kier alpha value is -1.10. The van der Waals surface area contributed by atoms with Crippen LogP contribution in [-0.2, 0) is 9.59 Å². The molecule has 1 unspecified atom stereocenters. The summed E-state index contributed by atoms with van der Waals surface area (Å²) in [4.78, 5) is 23.1. The van der Waals surface area contributed by atoms with E-state index in [-0.39, 0.29) is 18.0 Å². The van der Waals surface area contributed by atoms with Crippen LogP contribution >= 0.6 is 0 Å². The third-order valence-corrected chi connectivity index (χ3v) is 4.01. The van der Waals surface area contributed by atoms with Gasteiger partial charge in [0.1, 0.15) is 0 Å². The van der Waals surface area contributed by atoms with Gasteiger partial charge in [-0.3, -0.25) is 9.59 Å². The molecule has 20 heavy (non-hydrogen) atoms. The number of hydrogen-bond acceptors (Lipinski definition) is 3. The molecule has 0 aromatic carbocycles. The van der Waals surface area contributed by atoms with Gasteiger partial charge in [0.15, 0.2) is 0 Å². The van der Waals surface area contributed by atoms with E-state index in [1.165, 1.54) is 6.42 Å². The van der Waals surface area contributed by atoms with Crippen molar-refractivity contribution < 1.29 is 14.7 Å². The molecule has 0 saturated heterocycles. The second-order valence-electron chi connectivity index (χ2n) is 6.57. The molecule has 1 fully saturated rings. The maximum Gasteiger partial charge on any atom is 0.308 e. The molecule has 0 aromatic rings. The maximum absolute atomic E-state index is 11.9. The van der Waals surface area contributed by atoms with Crippen molar-refractivity contribution in [3.05, 3.63) is 0 Å². The lowest BCUT2D eigenvalue weighted by Gasteiger charge is -2.32. The minimum atomic E-state index is -0.848. The minimum Gasteiger partial charge on any atom is -0.481 e. The Balaban J connectivity index is 2.39. The van der Waals surface area contributed by atoms with Crippen molar-refractivity contribution in [1.29, 1.82) is 0 Å². The van der Waals surface area contributed by atoms with E-state index in [1.807, 2.05) is 13.8 Å². The number of nitrogens with one attached hydrogen (secondary N) is 1. The summed E-state index contributed by atoms with van der Waals surface area (Å²) in [7, 11) is 0. The van der Waals surface area contributed by atoms with Crippen LogP contribution in [0.25, 0.3) is 0 Å². The highest BCUT2D eigenvalue weighted by atomic mass is 16.4. The Bertz CT molecular complexity index is 336. The Labute approximate surface area is 121 Å². The van der Waals surface area contributed by atoms with Crippen molar-refractivity contribution in [2.45, 2.75) is 64.3 Å². The van der Waals surface area contributed by atoms with Crippen LogP contribution in [-0.4, -0.2) is 29.1 Å². The first kappa shape index (κ1) is 17.0. The zero-order valence-electron chi connectivity index (χ0n) is 12.7. The number of aliphatic carboxylic acids is 1. The third kappa shape index (κ3) is 5.90. The van der Waals surface area contributed by atoms with Crippen LogP contribution in [0.1, 0.15) is 58.8 Å². The van der Waals surface area contributed by atoms with Crippen LogP contribution < -0.4 is 11.1 Å². The fourth-order valence-electron chi connectivity index (χ4n) is 2.89. The molecular weight excluding hydrogens is 256 g/mol. The Morgan fingerprint density at radius 1 is 1.25 bits per heavy atom. The fraction of sp³-hybridized carbons (Fsp3) is 0.867. The predicted octanol–water partition coefficient (Wildman–Crippen LogP) is 1.90. The first-order valence-corrected chi connectivity index (χ1v) is 7.61. The average Bonchev–Trinajstić information content (AvgIpc) is 2.34. The van der Waals surface area contributed by atoms with Gasteiger partial charge in [-0.25, -0.2) is 0 Å². The highest BCUT2D eigenvalue weighted by molar-refractivity contribution is 5.78. The van der Waals surface area contributed by atoms with Gasteiger partial charge in [-0.1, -0.05) is 33.1 Å². The Morgan fingerprint density at radius 2 is 1.85 bits per heavy atom. The molecule has 0 aromatic heterocycles. The van der Waals surface area contributed by atoms with Gasteiger partial charge in [0.2, 0.25) is 5.91 Å². The van der Waals surface area contributed by atoms with E-state index < -0.39 is 11.9 Å². The summed E-state index contributed by atoms with van der Waals surface area (Å²) in [5.41, 5.74) is 5.84.